The van der Waals surface area contributed by atoms with Crippen LogP contribution in [0.3, 0.4) is 0 Å². The van der Waals surface area contributed by atoms with Crippen LogP contribution in [-0.2, 0) is 13.0 Å². The quantitative estimate of drug-likeness (QED) is 0.656. The van der Waals surface area contributed by atoms with Crippen LogP contribution in [0.5, 0.6) is 11.5 Å². The lowest BCUT2D eigenvalue weighted by Crippen LogP contribution is -2.24. The zero-order valence-corrected chi connectivity index (χ0v) is 15.3. The Hall–Kier alpha value is -3.34. The Kier molecular flexibility index (Phi) is 6.05. The van der Waals surface area contributed by atoms with E-state index in [0.29, 0.717) is 12.1 Å². The summed E-state index contributed by atoms with van der Waals surface area (Å²) < 4.78 is 5.86. The average Bonchev–Trinajstić information content (AvgIpc) is 2.69. The average molecular weight is 361 g/mol. The maximum absolute atomic E-state index is 12.2. The molecule has 27 heavy (non-hydrogen) atoms. The molecule has 0 unspecified atom stereocenters. The van der Waals surface area contributed by atoms with Crippen LogP contribution in [0.4, 0.5) is 5.82 Å². The predicted molar refractivity (Wildman–Crippen MR) is 107 cm³/mol. The summed E-state index contributed by atoms with van der Waals surface area (Å²) in [4.78, 5) is 16.1. The molecule has 0 fully saturated rings. The first-order chi connectivity index (χ1) is 13.2. The van der Waals surface area contributed by atoms with Crippen LogP contribution in [0.2, 0.25) is 0 Å². The van der Waals surface area contributed by atoms with Gasteiger partial charge in [0.05, 0.1) is 5.56 Å². The molecule has 0 bridgehead atoms. The number of pyridine rings is 1. The number of hydrogen-bond donors (Lipinski definition) is 2. The summed E-state index contributed by atoms with van der Waals surface area (Å²) in [5.74, 6) is 1.55. The summed E-state index contributed by atoms with van der Waals surface area (Å²) in [6, 6.07) is 19.1. The molecular formula is C22H23N3O2. The van der Waals surface area contributed by atoms with Gasteiger partial charge in [-0.25, -0.2) is 4.98 Å². The van der Waals surface area contributed by atoms with E-state index in [1.165, 1.54) is 5.56 Å². The number of carbonyl (C=O) groups is 1. The Balaban J connectivity index is 1.55. The number of aryl methyl sites for hydroxylation is 1. The second-order valence-electron chi connectivity index (χ2n) is 6.26. The van der Waals surface area contributed by atoms with Gasteiger partial charge in [0.15, 0.2) is 0 Å². The van der Waals surface area contributed by atoms with Gasteiger partial charge in [0.25, 0.3) is 5.91 Å². The van der Waals surface area contributed by atoms with Crippen molar-refractivity contribution < 1.29 is 9.53 Å². The normalized spacial score (nSPS) is 10.4. The van der Waals surface area contributed by atoms with Crippen molar-refractivity contribution >= 4 is 11.7 Å². The lowest BCUT2D eigenvalue weighted by molar-refractivity contribution is 0.0951. The number of amides is 1. The Labute approximate surface area is 159 Å². The zero-order chi connectivity index (χ0) is 19.1. The maximum atomic E-state index is 12.2. The van der Waals surface area contributed by atoms with E-state index in [1.54, 1.807) is 18.3 Å². The molecule has 0 aliphatic rings. The molecule has 3 N–H and O–H groups in total. The van der Waals surface area contributed by atoms with E-state index in [4.69, 9.17) is 10.5 Å². The zero-order valence-electron chi connectivity index (χ0n) is 15.3. The highest BCUT2D eigenvalue weighted by Crippen LogP contribution is 2.22. The molecule has 1 amide bonds. The molecule has 0 aliphatic carbocycles. The molecule has 0 saturated heterocycles. The number of carbonyl (C=O) groups excluding carboxylic acids is 1. The predicted octanol–water partition coefficient (Wildman–Crippen LogP) is 4.34. The molecule has 0 atom stereocenters. The summed E-state index contributed by atoms with van der Waals surface area (Å²) in [7, 11) is 0. The van der Waals surface area contributed by atoms with Crippen molar-refractivity contribution in [2.45, 2.75) is 26.3 Å². The third-order valence-electron chi connectivity index (χ3n) is 4.16. The highest BCUT2D eigenvalue weighted by Gasteiger charge is 2.09. The van der Waals surface area contributed by atoms with E-state index >= 15 is 0 Å². The molecule has 5 heteroatoms. The van der Waals surface area contributed by atoms with E-state index < -0.39 is 0 Å². The van der Waals surface area contributed by atoms with Crippen molar-refractivity contribution in [2.24, 2.45) is 0 Å². The third-order valence-corrected chi connectivity index (χ3v) is 4.16. The largest absolute Gasteiger partial charge is 0.457 e. The van der Waals surface area contributed by atoms with E-state index in [-0.39, 0.29) is 11.7 Å². The molecule has 138 valence electrons. The van der Waals surface area contributed by atoms with Crippen LogP contribution < -0.4 is 15.8 Å². The summed E-state index contributed by atoms with van der Waals surface area (Å²) in [5.41, 5.74) is 8.38. The molecule has 1 heterocycles. The molecule has 2 aromatic carbocycles. The van der Waals surface area contributed by atoms with Crippen LogP contribution in [0.15, 0.2) is 66.9 Å². The molecule has 0 radical (unpaired) electrons. The number of anilines is 1. The lowest BCUT2D eigenvalue weighted by atomic mass is 10.1. The first kappa shape index (κ1) is 18.5. The molecule has 3 aromatic rings. The molecule has 0 aliphatic heterocycles. The van der Waals surface area contributed by atoms with Crippen LogP contribution >= 0.6 is 0 Å². The Morgan fingerprint density at radius 1 is 1.00 bits per heavy atom. The smallest absolute Gasteiger partial charge is 0.255 e. The minimum atomic E-state index is -0.243. The first-order valence-electron chi connectivity index (χ1n) is 9.00. The summed E-state index contributed by atoms with van der Waals surface area (Å²) in [6.45, 7) is 2.57. The fraction of sp³-hybridized carbons (Fsp3) is 0.182. The highest BCUT2D eigenvalue weighted by atomic mass is 16.5. The van der Waals surface area contributed by atoms with E-state index in [2.05, 4.69) is 29.4 Å². The van der Waals surface area contributed by atoms with Gasteiger partial charge in [-0.05, 0) is 53.9 Å². The second kappa shape index (κ2) is 8.85. The molecule has 3 rings (SSSR count). The standard InChI is InChI=1S/C22H23N3O2/c1-2-4-16-6-10-18(11-7-16)27-19-12-8-17(9-13-19)15-25-22(26)20-5-3-14-24-21(20)23/h3,5-14H,2,4,15H2,1H3,(H2,23,24)(H,25,26). The van der Waals surface area contributed by atoms with Gasteiger partial charge in [0.1, 0.15) is 17.3 Å². The van der Waals surface area contributed by atoms with Gasteiger partial charge in [-0.15, -0.1) is 0 Å². The third kappa shape index (κ3) is 5.07. The van der Waals surface area contributed by atoms with E-state index in [1.807, 2.05) is 36.4 Å². The van der Waals surface area contributed by atoms with Crippen LogP contribution in [0.25, 0.3) is 0 Å². The minimum absolute atomic E-state index is 0.226. The van der Waals surface area contributed by atoms with Crippen molar-refractivity contribution in [3.05, 3.63) is 83.6 Å². The van der Waals surface area contributed by atoms with Gasteiger partial charge in [-0.3, -0.25) is 4.79 Å². The maximum Gasteiger partial charge on any atom is 0.255 e. The SMILES string of the molecule is CCCc1ccc(Oc2ccc(CNC(=O)c3cccnc3N)cc2)cc1. The van der Waals surface area contributed by atoms with Gasteiger partial charge < -0.3 is 15.8 Å². The molecular weight excluding hydrogens is 338 g/mol. The molecule has 0 saturated carbocycles. The number of ether oxygens (including phenoxy) is 1. The number of nitrogens with one attached hydrogen (secondary N) is 1. The lowest BCUT2D eigenvalue weighted by Gasteiger charge is -2.09. The second-order valence-corrected chi connectivity index (χ2v) is 6.26. The number of hydrogen-bond acceptors (Lipinski definition) is 4. The van der Waals surface area contributed by atoms with E-state index in [9.17, 15) is 4.79 Å². The molecule has 5 nitrogen and oxygen atoms in total. The van der Waals surface area contributed by atoms with Crippen LogP contribution in [0.1, 0.15) is 34.8 Å². The van der Waals surface area contributed by atoms with Gasteiger partial charge >= 0.3 is 0 Å². The van der Waals surface area contributed by atoms with Crippen LogP contribution in [0, 0.1) is 0 Å². The fourth-order valence-electron chi connectivity index (χ4n) is 2.71. The number of nitrogens with zero attached hydrogens (tertiary/aromatic N) is 1. The van der Waals surface area contributed by atoms with Gasteiger partial charge in [0.2, 0.25) is 0 Å². The van der Waals surface area contributed by atoms with Crippen molar-refractivity contribution in [3.63, 3.8) is 0 Å². The van der Waals surface area contributed by atoms with E-state index in [0.717, 1.165) is 29.9 Å². The number of benzene rings is 2. The number of nitrogens with two attached hydrogens (primary N) is 1. The van der Waals surface area contributed by atoms with Crippen LogP contribution in [-0.4, -0.2) is 10.9 Å². The number of nitrogen functional groups attached to an aromatic ring is 1. The summed E-state index contributed by atoms with van der Waals surface area (Å²) in [5, 5.41) is 2.84. The summed E-state index contributed by atoms with van der Waals surface area (Å²) >= 11 is 0. The topological polar surface area (TPSA) is 77.2 Å². The highest BCUT2D eigenvalue weighted by molar-refractivity contribution is 5.98. The van der Waals surface area contributed by atoms with Crippen molar-refractivity contribution in [2.75, 3.05) is 5.73 Å². The first-order valence-corrected chi connectivity index (χ1v) is 9.00. The summed E-state index contributed by atoms with van der Waals surface area (Å²) in [6.07, 6.45) is 3.76. The van der Waals surface area contributed by atoms with Gasteiger partial charge in [-0.1, -0.05) is 37.6 Å². The number of rotatable bonds is 7. The Morgan fingerprint density at radius 3 is 2.22 bits per heavy atom. The van der Waals surface area contributed by atoms with Crippen molar-refractivity contribution in [3.8, 4) is 11.5 Å². The molecule has 1 aromatic heterocycles. The number of aromatic nitrogens is 1. The monoisotopic (exact) mass is 361 g/mol. The molecule has 0 spiro atoms. The van der Waals surface area contributed by atoms with Crippen molar-refractivity contribution in [1.29, 1.82) is 0 Å². The van der Waals surface area contributed by atoms with Crippen molar-refractivity contribution in [1.82, 2.24) is 10.3 Å². The Morgan fingerprint density at radius 2 is 1.63 bits per heavy atom. The van der Waals surface area contributed by atoms with Gasteiger partial charge in [-0.2, -0.15) is 0 Å². The fourth-order valence-corrected chi connectivity index (χ4v) is 2.71. The van der Waals surface area contributed by atoms with Gasteiger partial charge in [0, 0.05) is 12.7 Å². The Bertz CT molecular complexity index is 890. The minimum Gasteiger partial charge on any atom is -0.457 e.